The number of carbonyl (C=O) groups is 2. The molecular weight excluding hydrogens is 418 g/mol. The van der Waals surface area contributed by atoms with Gasteiger partial charge in [-0.1, -0.05) is 24.7 Å². The van der Waals surface area contributed by atoms with Gasteiger partial charge in [0.25, 0.3) is 10.0 Å². The van der Waals surface area contributed by atoms with Crippen molar-refractivity contribution in [2.45, 2.75) is 31.1 Å². The van der Waals surface area contributed by atoms with Crippen molar-refractivity contribution in [2.75, 3.05) is 4.31 Å². The van der Waals surface area contributed by atoms with E-state index in [0.29, 0.717) is 27.4 Å². The van der Waals surface area contributed by atoms with Crippen LogP contribution in [-0.2, 0) is 14.8 Å². The average molecular weight is 435 g/mol. The smallest absolute Gasteiger partial charge is 0.396 e. The summed E-state index contributed by atoms with van der Waals surface area (Å²) in [6, 6.07) is 8.86. The Morgan fingerprint density at radius 1 is 1.14 bits per heavy atom. The number of hydrogen-bond donors (Lipinski definition) is 1. The van der Waals surface area contributed by atoms with E-state index in [1.54, 1.807) is 0 Å². The van der Waals surface area contributed by atoms with Gasteiger partial charge in [-0.15, -0.1) is 0 Å². The Hall–Kier alpha value is -2.98. The van der Waals surface area contributed by atoms with Gasteiger partial charge >= 0.3 is 10.9 Å². The number of sulfonamides is 1. The number of unbranched alkanes of at least 4 members (excludes halogenated alkanes) is 1. The van der Waals surface area contributed by atoms with Crippen molar-refractivity contribution < 1.29 is 27.5 Å². The number of carbonyl (C=O) groups excluding carboxylic acids is 1. The molecule has 152 valence electrons. The second-order valence-electron chi connectivity index (χ2n) is 6.18. The molecule has 3 rings (SSSR count). The van der Waals surface area contributed by atoms with E-state index in [-0.39, 0.29) is 22.6 Å². The average Bonchev–Trinajstić information content (AvgIpc) is 3.05. The van der Waals surface area contributed by atoms with Gasteiger partial charge < -0.3 is 9.52 Å². The normalized spacial score (nSPS) is 11.5. The minimum atomic E-state index is -4.30. The summed E-state index contributed by atoms with van der Waals surface area (Å²) < 4.78 is 32.6. The highest BCUT2D eigenvalue weighted by Crippen LogP contribution is 2.29. The summed E-state index contributed by atoms with van der Waals surface area (Å²) in [4.78, 5) is 34.5. The monoisotopic (exact) mass is 435 g/mol. The standard InChI is InChI=1S/C19H17NO7S2/c1-2-3-4-17(21)20(13-7-10-15-16(11-13)28-19(24)27-15)29(25,26)14-8-5-12(6-9-14)18(22)23/h5-11H,2-4H2,1H3,(H,22,23). The van der Waals surface area contributed by atoms with E-state index in [0.717, 1.165) is 35.6 Å². The Morgan fingerprint density at radius 3 is 2.45 bits per heavy atom. The summed E-state index contributed by atoms with van der Waals surface area (Å²) in [6.07, 6.45) is 1.22. The lowest BCUT2D eigenvalue weighted by Crippen LogP contribution is -2.36. The van der Waals surface area contributed by atoms with Crippen LogP contribution in [0.15, 0.2) is 56.6 Å². The van der Waals surface area contributed by atoms with Gasteiger partial charge in [0.2, 0.25) is 5.91 Å². The highest BCUT2D eigenvalue weighted by molar-refractivity contribution is 7.93. The van der Waals surface area contributed by atoms with Crippen LogP contribution in [0.2, 0.25) is 0 Å². The SMILES string of the molecule is CCCCC(=O)N(c1ccc2oc(=O)sc2c1)S(=O)(=O)c1ccc(C(=O)O)cc1. The molecule has 0 bridgehead atoms. The molecule has 0 unspecified atom stereocenters. The van der Waals surface area contributed by atoms with Gasteiger partial charge in [-0.2, -0.15) is 0 Å². The summed E-state index contributed by atoms with van der Waals surface area (Å²) in [5.74, 6) is -1.81. The molecule has 1 amide bonds. The molecule has 0 spiro atoms. The van der Waals surface area contributed by atoms with Crippen molar-refractivity contribution in [2.24, 2.45) is 0 Å². The third kappa shape index (κ3) is 4.22. The third-order valence-corrected chi connectivity index (χ3v) is 6.71. The molecule has 1 heterocycles. The number of carboxylic acids is 1. The Balaban J connectivity index is 2.11. The first-order valence-corrected chi connectivity index (χ1v) is 10.9. The van der Waals surface area contributed by atoms with E-state index < -0.39 is 26.8 Å². The van der Waals surface area contributed by atoms with E-state index >= 15 is 0 Å². The van der Waals surface area contributed by atoms with Crippen molar-refractivity contribution in [1.29, 1.82) is 0 Å². The van der Waals surface area contributed by atoms with Gasteiger partial charge in [0.1, 0.15) is 5.58 Å². The molecule has 0 fully saturated rings. The first-order valence-electron chi connectivity index (χ1n) is 8.69. The van der Waals surface area contributed by atoms with Gasteiger partial charge in [-0.3, -0.25) is 4.79 Å². The van der Waals surface area contributed by atoms with Crippen molar-refractivity contribution >= 4 is 49.2 Å². The highest BCUT2D eigenvalue weighted by Gasteiger charge is 2.31. The summed E-state index contributed by atoms with van der Waals surface area (Å²) in [5.41, 5.74) is 0.309. The second-order valence-corrected chi connectivity index (χ2v) is 8.95. The first kappa shape index (κ1) is 20.7. The van der Waals surface area contributed by atoms with Gasteiger partial charge in [-0.05, 0) is 48.9 Å². The van der Waals surface area contributed by atoms with Gasteiger partial charge in [0, 0.05) is 6.42 Å². The van der Waals surface area contributed by atoms with Gasteiger partial charge in [0.05, 0.1) is 20.8 Å². The zero-order valence-corrected chi connectivity index (χ0v) is 17.0. The summed E-state index contributed by atoms with van der Waals surface area (Å²) >= 11 is 0.805. The molecule has 0 aliphatic carbocycles. The van der Waals surface area contributed by atoms with Gasteiger partial charge in [-0.25, -0.2) is 22.3 Å². The van der Waals surface area contributed by atoms with E-state index in [9.17, 15) is 22.8 Å². The maximum Gasteiger partial charge on any atom is 0.396 e. The molecule has 2 aromatic carbocycles. The van der Waals surface area contributed by atoms with Crippen LogP contribution in [-0.4, -0.2) is 25.4 Å². The molecular formula is C19H17NO7S2. The summed E-state index contributed by atoms with van der Waals surface area (Å²) in [5, 5.41) is 9.01. The Labute approximate surface area is 170 Å². The molecule has 1 aromatic heterocycles. The number of anilines is 1. The second kappa shape index (κ2) is 8.18. The molecule has 29 heavy (non-hydrogen) atoms. The molecule has 0 atom stereocenters. The van der Waals surface area contributed by atoms with Crippen LogP contribution in [0.3, 0.4) is 0 Å². The van der Waals surface area contributed by atoms with Crippen LogP contribution in [0.25, 0.3) is 10.3 Å². The third-order valence-electron chi connectivity index (χ3n) is 4.16. The van der Waals surface area contributed by atoms with Crippen molar-refractivity contribution in [3.8, 4) is 0 Å². The lowest BCUT2D eigenvalue weighted by molar-refractivity contribution is -0.117. The summed E-state index contributed by atoms with van der Waals surface area (Å²) in [6.45, 7) is 1.88. The fraction of sp³-hybridized carbons (Fsp3) is 0.211. The molecule has 0 saturated carbocycles. The van der Waals surface area contributed by atoms with Crippen LogP contribution in [0.1, 0.15) is 36.5 Å². The van der Waals surface area contributed by atoms with E-state index in [1.165, 1.54) is 18.2 Å². The number of fused-ring (bicyclic) bond motifs is 1. The molecule has 0 aliphatic heterocycles. The number of benzene rings is 2. The Morgan fingerprint density at radius 2 is 1.83 bits per heavy atom. The molecule has 3 aromatic rings. The van der Waals surface area contributed by atoms with Crippen LogP contribution in [0, 0.1) is 0 Å². The molecule has 8 nitrogen and oxygen atoms in total. The minimum absolute atomic E-state index is 0.0165. The molecule has 10 heteroatoms. The van der Waals surface area contributed by atoms with Crippen LogP contribution < -0.4 is 9.24 Å². The van der Waals surface area contributed by atoms with Crippen molar-refractivity contribution in [3.63, 3.8) is 0 Å². The number of rotatable bonds is 7. The van der Waals surface area contributed by atoms with Crippen LogP contribution in [0.5, 0.6) is 0 Å². The van der Waals surface area contributed by atoms with Crippen molar-refractivity contribution in [3.05, 3.63) is 57.8 Å². The molecule has 0 aliphatic rings. The fourth-order valence-electron chi connectivity index (χ4n) is 2.71. The van der Waals surface area contributed by atoms with Crippen LogP contribution >= 0.6 is 11.3 Å². The summed E-state index contributed by atoms with van der Waals surface area (Å²) in [7, 11) is -4.30. The highest BCUT2D eigenvalue weighted by atomic mass is 32.2. The zero-order chi connectivity index (χ0) is 21.2. The maximum atomic E-state index is 13.2. The van der Waals surface area contributed by atoms with Crippen molar-refractivity contribution in [1.82, 2.24) is 0 Å². The van der Waals surface area contributed by atoms with Crippen LogP contribution in [0.4, 0.5) is 5.69 Å². The van der Waals surface area contributed by atoms with E-state index in [1.807, 2.05) is 6.92 Å². The minimum Gasteiger partial charge on any atom is -0.478 e. The predicted molar refractivity (Wildman–Crippen MR) is 108 cm³/mol. The number of carboxylic acid groups (broad SMARTS) is 1. The Kier molecular flexibility index (Phi) is 5.85. The number of hydrogen-bond acceptors (Lipinski definition) is 7. The number of amides is 1. The quantitative estimate of drug-likeness (QED) is 0.603. The lowest BCUT2D eigenvalue weighted by atomic mass is 10.2. The first-order chi connectivity index (χ1) is 13.7. The zero-order valence-electron chi connectivity index (χ0n) is 15.3. The number of aromatic carboxylic acids is 1. The van der Waals surface area contributed by atoms with E-state index in [4.69, 9.17) is 9.52 Å². The molecule has 0 radical (unpaired) electrons. The molecule has 0 saturated heterocycles. The Bertz CT molecular complexity index is 1220. The lowest BCUT2D eigenvalue weighted by Gasteiger charge is -2.22. The van der Waals surface area contributed by atoms with E-state index in [2.05, 4.69) is 0 Å². The molecule has 1 N–H and O–H groups in total. The topological polar surface area (TPSA) is 122 Å². The fourth-order valence-corrected chi connectivity index (χ4v) is 4.85. The predicted octanol–water partition coefficient (Wildman–Crippen LogP) is 3.46. The van der Waals surface area contributed by atoms with Gasteiger partial charge in [0.15, 0.2) is 0 Å². The maximum absolute atomic E-state index is 13.2. The number of nitrogens with zero attached hydrogens (tertiary/aromatic N) is 1. The largest absolute Gasteiger partial charge is 0.478 e.